The maximum Gasteiger partial charge on any atom is 0.254 e. The Bertz CT molecular complexity index is 693. The maximum absolute atomic E-state index is 12.3. The van der Waals surface area contributed by atoms with E-state index in [1.54, 1.807) is 0 Å². The highest BCUT2D eigenvalue weighted by Gasteiger charge is 2.16. The van der Waals surface area contributed by atoms with Crippen LogP contribution in [-0.2, 0) is 11.3 Å². The zero-order valence-corrected chi connectivity index (χ0v) is 15.1. The molecule has 1 saturated heterocycles. The normalized spacial score (nSPS) is 16.6. The Morgan fingerprint density at radius 2 is 2.00 bits per heavy atom. The average Bonchev–Trinajstić information content (AvgIpc) is 3.09. The molecule has 6 heteroatoms. The largest absolute Gasteiger partial charge is 0.467 e. The van der Waals surface area contributed by atoms with Crippen molar-refractivity contribution in [1.29, 1.82) is 0 Å². The van der Waals surface area contributed by atoms with E-state index in [0.29, 0.717) is 23.7 Å². The Morgan fingerprint density at radius 1 is 1.28 bits per heavy atom. The fourth-order valence-corrected chi connectivity index (χ4v) is 2.95. The third-order valence-corrected chi connectivity index (χ3v) is 4.66. The molecule has 1 amide bonds. The van der Waals surface area contributed by atoms with Crippen molar-refractivity contribution in [2.24, 2.45) is 0 Å². The van der Waals surface area contributed by atoms with Gasteiger partial charge in [0, 0.05) is 24.7 Å². The molecule has 1 aliphatic rings. The summed E-state index contributed by atoms with van der Waals surface area (Å²) in [4.78, 5) is 14.6. The molecule has 134 valence electrons. The third kappa shape index (κ3) is 5.08. The lowest BCUT2D eigenvalue weighted by molar-refractivity contribution is 0.0313. The molecule has 1 N–H and O–H groups in total. The number of halogens is 1. The molecule has 0 spiro atoms. The van der Waals surface area contributed by atoms with Gasteiger partial charge in [-0.3, -0.25) is 9.69 Å². The minimum atomic E-state index is -0.113. The van der Waals surface area contributed by atoms with Crippen LogP contribution >= 0.6 is 11.6 Å². The standard InChI is InChI=1S/C19H23ClN2O3/c1-14(15-2-4-17(20)5-3-15)11-21-19(23)16-10-18(25-13-16)12-22-6-8-24-9-7-22/h2-5,10,13-14H,6-9,11-12H2,1H3,(H,21,23)/t14-/m0/s1. The zero-order valence-electron chi connectivity index (χ0n) is 14.3. The summed E-state index contributed by atoms with van der Waals surface area (Å²) in [5.74, 6) is 0.900. The van der Waals surface area contributed by atoms with Crippen LogP contribution in [0.25, 0.3) is 0 Å². The van der Waals surface area contributed by atoms with Gasteiger partial charge in [0.15, 0.2) is 0 Å². The molecule has 25 heavy (non-hydrogen) atoms. The fourth-order valence-electron chi connectivity index (χ4n) is 2.82. The van der Waals surface area contributed by atoms with E-state index in [9.17, 15) is 4.79 Å². The predicted molar refractivity (Wildman–Crippen MR) is 97.0 cm³/mol. The number of nitrogens with one attached hydrogen (secondary N) is 1. The van der Waals surface area contributed by atoms with E-state index in [1.165, 1.54) is 6.26 Å². The van der Waals surface area contributed by atoms with Crippen molar-refractivity contribution in [2.75, 3.05) is 32.8 Å². The predicted octanol–water partition coefficient (Wildman–Crippen LogP) is 3.30. The van der Waals surface area contributed by atoms with Gasteiger partial charge in [-0.25, -0.2) is 0 Å². The molecule has 3 rings (SSSR count). The van der Waals surface area contributed by atoms with Gasteiger partial charge >= 0.3 is 0 Å². The second-order valence-corrected chi connectivity index (χ2v) is 6.79. The highest BCUT2D eigenvalue weighted by atomic mass is 35.5. The number of carbonyl (C=O) groups excluding carboxylic acids is 1. The minimum Gasteiger partial charge on any atom is -0.467 e. The first-order valence-corrected chi connectivity index (χ1v) is 8.91. The van der Waals surface area contributed by atoms with Crippen molar-refractivity contribution in [3.63, 3.8) is 0 Å². The lowest BCUT2D eigenvalue weighted by Crippen LogP contribution is -2.35. The van der Waals surface area contributed by atoms with Crippen LogP contribution in [0.5, 0.6) is 0 Å². The van der Waals surface area contributed by atoms with Crippen LogP contribution < -0.4 is 5.32 Å². The van der Waals surface area contributed by atoms with Gasteiger partial charge in [-0.1, -0.05) is 30.7 Å². The number of hydrogen-bond acceptors (Lipinski definition) is 4. The van der Waals surface area contributed by atoms with Gasteiger partial charge in [0.05, 0.1) is 25.3 Å². The molecule has 0 unspecified atom stereocenters. The molecule has 2 heterocycles. The quantitative estimate of drug-likeness (QED) is 0.856. The highest BCUT2D eigenvalue weighted by molar-refractivity contribution is 6.30. The molecule has 5 nitrogen and oxygen atoms in total. The number of morpholine rings is 1. The van der Waals surface area contributed by atoms with Crippen LogP contribution in [-0.4, -0.2) is 43.7 Å². The van der Waals surface area contributed by atoms with Crippen LogP contribution in [0.1, 0.15) is 34.5 Å². The number of nitrogens with zero attached hydrogens (tertiary/aromatic N) is 1. The first-order valence-electron chi connectivity index (χ1n) is 8.53. The van der Waals surface area contributed by atoms with Crippen LogP contribution in [0.4, 0.5) is 0 Å². The molecule has 0 aliphatic carbocycles. The van der Waals surface area contributed by atoms with Gasteiger partial charge in [0.2, 0.25) is 0 Å². The number of benzene rings is 1. The Morgan fingerprint density at radius 3 is 2.72 bits per heavy atom. The van der Waals surface area contributed by atoms with Crippen molar-refractivity contribution in [2.45, 2.75) is 19.4 Å². The van der Waals surface area contributed by atoms with E-state index in [4.69, 9.17) is 20.8 Å². The molecule has 2 aromatic rings. The first-order chi connectivity index (χ1) is 12.1. The van der Waals surface area contributed by atoms with Crippen molar-refractivity contribution in [3.05, 3.63) is 58.5 Å². The summed E-state index contributed by atoms with van der Waals surface area (Å²) in [7, 11) is 0. The molecular weight excluding hydrogens is 340 g/mol. The average molecular weight is 363 g/mol. The van der Waals surface area contributed by atoms with Crippen LogP contribution in [0, 0.1) is 0 Å². The van der Waals surface area contributed by atoms with Crippen molar-refractivity contribution in [1.82, 2.24) is 10.2 Å². The van der Waals surface area contributed by atoms with Gasteiger partial charge < -0.3 is 14.5 Å². The van der Waals surface area contributed by atoms with E-state index in [2.05, 4.69) is 17.1 Å². The summed E-state index contributed by atoms with van der Waals surface area (Å²) in [5.41, 5.74) is 1.71. The number of hydrogen-bond donors (Lipinski definition) is 1. The molecule has 0 radical (unpaired) electrons. The summed E-state index contributed by atoms with van der Waals surface area (Å²) in [6.45, 7) is 6.61. The Hall–Kier alpha value is -1.82. The second kappa shape index (κ2) is 8.52. The Labute approximate surface area is 152 Å². The molecule has 0 bridgehead atoms. The smallest absolute Gasteiger partial charge is 0.254 e. The van der Waals surface area contributed by atoms with E-state index >= 15 is 0 Å². The van der Waals surface area contributed by atoms with Gasteiger partial charge in [0.1, 0.15) is 12.0 Å². The highest BCUT2D eigenvalue weighted by Crippen LogP contribution is 2.18. The molecule has 1 fully saturated rings. The SMILES string of the molecule is C[C@@H](CNC(=O)c1coc(CN2CCOCC2)c1)c1ccc(Cl)cc1. The van der Waals surface area contributed by atoms with Crippen molar-refractivity contribution in [3.8, 4) is 0 Å². The first kappa shape index (κ1) is 18.0. The Kier molecular flexibility index (Phi) is 6.13. The number of carbonyl (C=O) groups is 1. The zero-order chi connectivity index (χ0) is 17.6. The summed E-state index contributed by atoms with van der Waals surface area (Å²) < 4.78 is 10.9. The molecule has 1 aromatic heterocycles. The number of rotatable bonds is 6. The summed E-state index contributed by atoms with van der Waals surface area (Å²) >= 11 is 5.91. The maximum atomic E-state index is 12.3. The minimum absolute atomic E-state index is 0.113. The topological polar surface area (TPSA) is 54.7 Å². The number of amides is 1. The number of ether oxygens (including phenoxy) is 1. The lowest BCUT2D eigenvalue weighted by atomic mass is 10.0. The monoisotopic (exact) mass is 362 g/mol. The van der Waals surface area contributed by atoms with E-state index in [1.807, 2.05) is 30.3 Å². The summed E-state index contributed by atoms with van der Waals surface area (Å²) in [6.07, 6.45) is 1.53. The summed E-state index contributed by atoms with van der Waals surface area (Å²) in [6, 6.07) is 9.51. The molecular formula is C19H23ClN2O3. The van der Waals surface area contributed by atoms with Gasteiger partial charge in [0.25, 0.3) is 5.91 Å². The molecule has 1 aromatic carbocycles. The third-order valence-electron chi connectivity index (χ3n) is 4.41. The van der Waals surface area contributed by atoms with Crippen LogP contribution in [0.15, 0.2) is 41.0 Å². The molecule has 1 atom stereocenters. The van der Waals surface area contributed by atoms with Crippen LogP contribution in [0.3, 0.4) is 0 Å². The van der Waals surface area contributed by atoms with Gasteiger partial charge in [-0.15, -0.1) is 0 Å². The van der Waals surface area contributed by atoms with E-state index in [0.717, 1.165) is 37.6 Å². The van der Waals surface area contributed by atoms with Crippen molar-refractivity contribution >= 4 is 17.5 Å². The summed E-state index contributed by atoms with van der Waals surface area (Å²) in [5, 5.41) is 3.68. The lowest BCUT2D eigenvalue weighted by Gasteiger charge is -2.25. The number of furan rings is 1. The molecule has 1 aliphatic heterocycles. The van der Waals surface area contributed by atoms with Crippen LogP contribution in [0.2, 0.25) is 5.02 Å². The van der Waals surface area contributed by atoms with Gasteiger partial charge in [-0.2, -0.15) is 0 Å². The fraction of sp³-hybridized carbons (Fsp3) is 0.421. The van der Waals surface area contributed by atoms with E-state index in [-0.39, 0.29) is 11.8 Å². The Balaban J connectivity index is 1.50. The van der Waals surface area contributed by atoms with Gasteiger partial charge in [-0.05, 0) is 29.7 Å². The molecule has 0 saturated carbocycles. The van der Waals surface area contributed by atoms with E-state index < -0.39 is 0 Å². The second-order valence-electron chi connectivity index (χ2n) is 6.35. The van der Waals surface area contributed by atoms with Crippen molar-refractivity contribution < 1.29 is 13.9 Å².